The lowest BCUT2D eigenvalue weighted by molar-refractivity contribution is 0.331. The minimum Gasteiger partial charge on any atom is -0.353 e. The highest BCUT2D eigenvalue weighted by molar-refractivity contribution is 7.88. The SMILES string of the molecule is CC1=C(C(C)C)NC(N(C)S(C)(=O)=O)N=C1c1ccc(F)cc1. The van der Waals surface area contributed by atoms with Gasteiger partial charge in [-0.05, 0) is 42.7 Å². The number of nitrogens with one attached hydrogen (secondary N) is 1. The summed E-state index contributed by atoms with van der Waals surface area (Å²) in [6, 6.07) is 6.05. The molecular formula is C16H22FN3O2S. The average molecular weight is 339 g/mol. The van der Waals surface area contributed by atoms with Crippen LogP contribution in [0.15, 0.2) is 40.5 Å². The molecule has 2 rings (SSSR count). The molecule has 0 saturated carbocycles. The van der Waals surface area contributed by atoms with Gasteiger partial charge in [-0.2, -0.15) is 4.31 Å². The molecule has 126 valence electrons. The number of sulfonamides is 1. The Labute approximate surface area is 137 Å². The molecule has 0 radical (unpaired) electrons. The number of allylic oxidation sites excluding steroid dienone is 2. The van der Waals surface area contributed by atoms with Crippen LogP contribution in [-0.2, 0) is 10.0 Å². The van der Waals surface area contributed by atoms with E-state index in [1.165, 1.54) is 23.5 Å². The molecule has 0 fully saturated rings. The summed E-state index contributed by atoms with van der Waals surface area (Å²) in [6.45, 7) is 5.98. The zero-order valence-electron chi connectivity index (χ0n) is 14.0. The summed E-state index contributed by atoms with van der Waals surface area (Å²) in [7, 11) is -1.92. The van der Waals surface area contributed by atoms with Crippen LogP contribution in [0.2, 0.25) is 0 Å². The van der Waals surface area contributed by atoms with Gasteiger partial charge in [0.25, 0.3) is 0 Å². The normalized spacial score (nSPS) is 19.1. The van der Waals surface area contributed by atoms with Gasteiger partial charge in [0.1, 0.15) is 5.82 Å². The highest BCUT2D eigenvalue weighted by Crippen LogP contribution is 2.24. The summed E-state index contributed by atoms with van der Waals surface area (Å²) in [5, 5.41) is 3.18. The maximum absolute atomic E-state index is 13.2. The summed E-state index contributed by atoms with van der Waals surface area (Å²) in [6.07, 6.45) is 0.424. The molecule has 7 heteroatoms. The second kappa shape index (κ2) is 6.41. The number of rotatable bonds is 4. The zero-order valence-corrected chi connectivity index (χ0v) is 14.8. The highest BCUT2D eigenvalue weighted by atomic mass is 32.2. The van der Waals surface area contributed by atoms with Crippen molar-refractivity contribution in [3.8, 4) is 0 Å². The van der Waals surface area contributed by atoms with Crippen molar-refractivity contribution < 1.29 is 12.8 Å². The molecule has 0 amide bonds. The fraction of sp³-hybridized carbons (Fsp3) is 0.438. The number of hydrogen-bond donors (Lipinski definition) is 1. The zero-order chi connectivity index (χ0) is 17.4. The largest absolute Gasteiger partial charge is 0.353 e. The van der Waals surface area contributed by atoms with E-state index in [4.69, 9.17) is 0 Å². The Hall–Kier alpha value is -1.73. The van der Waals surface area contributed by atoms with Gasteiger partial charge >= 0.3 is 0 Å². The summed E-state index contributed by atoms with van der Waals surface area (Å²) >= 11 is 0. The minimum atomic E-state index is -3.40. The molecule has 1 atom stereocenters. The second-order valence-corrected chi connectivity index (χ2v) is 8.02. The Bertz CT molecular complexity index is 752. The molecule has 0 saturated heterocycles. The third-order valence-corrected chi connectivity index (χ3v) is 5.10. The standard InChI is InChI=1S/C16H22FN3O2S/c1-10(2)14-11(3)15(12-6-8-13(17)9-7-12)19-16(18-14)20(4)23(5,21)22/h6-10,16,18H,1-5H3. The van der Waals surface area contributed by atoms with Crippen molar-refractivity contribution >= 4 is 15.7 Å². The van der Waals surface area contributed by atoms with Crippen molar-refractivity contribution in [2.24, 2.45) is 10.9 Å². The minimum absolute atomic E-state index is 0.177. The number of nitrogens with zero attached hydrogens (tertiary/aromatic N) is 2. The van der Waals surface area contributed by atoms with E-state index in [0.717, 1.165) is 23.1 Å². The third kappa shape index (κ3) is 3.79. The third-order valence-electron chi connectivity index (χ3n) is 3.86. The van der Waals surface area contributed by atoms with E-state index in [0.29, 0.717) is 5.71 Å². The quantitative estimate of drug-likeness (QED) is 0.916. The first kappa shape index (κ1) is 17.6. The van der Waals surface area contributed by atoms with E-state index in [2.05, 4.69) is 10.3 Å². The molecule has 0 spiro atoms. The maximum Gasteiger partial charge on any atom is 0.214 e. The van der Waals surface area contributed by atoms with Crippen LogP contribution in [0.1, 0.15) is 26.3 Å². The van der Waals surface area contributed by atoms with Crippen LogP contribution in [0, 0.1) is 11.7 Å². The van der Waals surface area contributed by atoms with E-state index in [-0.39, 0.29) is 11.7 Å². The first-order valence-electron chi connectivity index (χ1n) is 7.35. The number of benzene rings is 1. The Balaban J connectivity index is 2.53. The predicted octanol–water partition coefficient (Wildman–Crippen LogP) is 2.32. The fourth-order valence-electron chi connectivity index (χ4n) is 2.48. The van der Waals surface area contributed by atoms with Crippen LogP contribution in [0.3, 0.4) is 0 Å². The topological polar surface area (TPSA) is 61.8 Å². The lowest BCUT2D eigenvalue weighted by Crippen LogP contribution is -2.48. The number of aliphatic imine (C=N–C) groups is 1. The van der Waals surface area contributed by atoms with E-state index < -0.39 is 16.3 Å². The molecule has 1 aromatic carbocycles. The second-order valence-electron chi connectivity index (χ2n) is 5.98. The molecule has 1 aromatic rings. The van der Waals surface area contributed by atoms with Gasteiger partial charge in [-0.25, -0.2) is 17.8 Å². The lowest BCUT2D eigenvalue weighted by Gasteiger charge is -2.33. The van der Waals surface area contributed by atoms with Gasteiger partial charge in [0.2, 0.25) is 10.0 Å². The fourth-order valence-corrected chi connectivity index (χ4v) is 2.94. The van der Waals surface area contributed by atoms with Crippen molar-refractivity contribution in [2.45, 2.75) is 27.1 Å². The molecule has 1 aliphatic heterocycles. The smallest absolute Gasteiger partial charge is 0.214 e. The molecular weight excluding hydrogens is 317 g/mol. The van der Waals surface area contributed by atoms with Crippen LogP contribution in [0.4, 0.5) is 4.39 Å². The molecule has 1 N–H and O–H groups in total. The van der Waals surface area contributed by atoms with Gasteiger partial charge < -0.3 is 5.32 Å². The summed E-state index contributed by atoms with van der Waals surface area (Å²) in [4.78, 5) is 4.53. The van der Waals surface area contributed by atoms with Gasteiger partial charge in [-0.3, -0.25) is 0 Å². The Morgan fingerprint density at radius 1 is 1.26 bits per heavy atom. The van der Waals surface area contributed by atoms with Crippen molar-refractivity contribution in [2.75, 3.05) is 13.3 Å². The van der Waals surface area contributed by atoms with Crippen LogP contribution >= 0.6 is 0 Å². The van der Waals surface area contributed by atoms with Crippen molar-refractivity contribution in [3.05, 3.63) is 46.9 Å². The Kier molecular flexibility index (Phi) is 4.91. The molecule has 0 aliphatic carbocycles. The molecule has 1 unspecified atom stereocenters. The molecule has 5 nitrogen and oxygen atoms in total. The average Bonchev–Trinajstić information content (AvgIpc) is 2.46. The van der Waals surface area contributed by atoms with Crippen molar-refractivity contribution in [1.29, 1.82) is 0 Å². The van der Waals surface area contributed by atoms with Gasteiger partial charge in [0.05, 0.1) is 12.0 Å². The van der Waals surface area contributed by atoms with Gasteiger partial charge in [-0.1, -0.05) is 13.8 Å². The lowest BCUT2D eigenvalue weighted by atomic mass is 9.96. The highest BCUT2D eigenvalue weighted by Gasteiger charge is 2.29. The summed E-state index contributed by atoms with van der Waals surface area (Å²) < 4.78 is 38.0. The first-order valence-corrected chi connectivity index (χ1v) is 9.20. The summed E-state index contributed by atoms with van der Waals surface area (Å²) in [5.74, 6) is -0.143. The van der Waals surface area contributed by atoms with Crippen molar-refractivity contribution in [1.82, 2.24) is 9.62 Å². The van der Waals surface area contributed by atoms with Gasteiger partial charge in [0.15, 0.2) is 6.29 Å². The summed E-state index contributed by atoms with van der Waals surface area (Å²) in [5.41, 5.74) is 3.30. The molecule has 1 heterocycles. The molecule has 23 heavy (non-hydrogen) atoms. The predicted molar refractivity (Wildman–Crippen MR) is 90.0 cm³/mol. The first-order chi connectivity index (χ1) is 10.6. The van der Waals surface area contributed by atoms with E-state index in [1.54, 1.807) is 12.1 Å². The number of halogens is 1. The number of hydrogen-bond acceptors (Lipinski definition) is 4. The molecule has 1 aliphatic rings. The van der Waals surface area contributed by atoms with Crippen LogP contribution in [-0.4, -0.2) is 38.0 Å². The van der Waals surface area contributed by atoms with Gasteiger partial charge in [0, 0.05) is 18.3 Å². The van der Waals surface area contributed by atoms with E-state index >= 15 is 0 Å². The van der Waals surface area contributed by atoms with E-state index in [1.807, 2.05) is 20.8 Å². The molecule has 0 bridgehead atoms. The van der Waals surface area contributed by atoms with Crippen LogP contribution in [0.5, 0.6) is 0 Å². The molecule has 0 aromatic heterocycles. The Morgan fingerprint density at radius 2 is 1.83 bits per heavy atom. The van der Waals surface area contributed by atoms with E-state index in [9.17, 15) is 12.8 Å². The van der Waals surface area contributed by atoms with Crippen LogP contribution < -0.4 is 5.32 Å². The van der Waals surface area contributed by atoms with Crippen molar-refractivity contribution in [3.63, 3.8) is 0 Å². The van der Waals surface area contributed by atoms with Crippen LogP contribution in [0.25, 0.3) is 0 Å². The Morgan fingerprint density at radius 3 is 2.30 bits per heavy atom. The monoisotopic (exact) mass is 339 g/mol. The van der Waals surface area contributed by atoms with Gasteiger partial charge in [-0.15, -0.1) is 0 Å². The maximum atomic E-state index is 13.2.